The number of rotatable bonds is 1. The molecule has 0 amide bonds. The van der Waals surface area contributed by atoms with Crippen molar-refractivity contribution in [2.45, 2.75) is 19.5 Å². The third kappa shape index (κ3) is 3.40. The normalized spacial score (nSPS) is 12.6. The molecule has 1 N–H and O–H groups in total. The summed E-state index contributed by atoms with van der Waals surface area (Å²) in [5.41, 5.74) is -3.36. The number of halogens is 6. The summed E-state index contributed by atoms with van der Waals surface area (Å²) in [6.45, 7) is 0.918. The van der Waals surface area contributed by atoms with E-state index in [9.17, 15) is 31.1 Å². The number of ether oxygens (including phenoxy) is 1. The van der Waals surface area contributed by atoms with Gasteiger partial charge in [-0.15, -0.1) is 13.2 Å². The Balaban J connectivity index is 3.30. The molecule has 1 rings (SSSR count). The lowest BCUT2D eigenvalue weighted by Crippen LogP contribution is -2.24. The van der Waals surface area contributed by atoms with Gasteiger partial charge in [-0.3, -0.25) is 4.79 Å². The Labute approximate surface area is 90.0 Å². The molecule has 0 atom stereocenters. The first-order chi connectivity index (χ1) is 7.50. The van der Waals surface area contributed by atoms with Gasteiger partial charge in [0.2, 0.25) is 0 Å². The predicted octanol–water partition coefficient (Wildman–Crippen LogP) is 2.60. The molecule has 0 aromatic carbocycles. The van der Waals surface area contributed by atoms with Crippen molar-refractivity contribution in [3.05, 3.63) is 27.7 Å². The molecule has 0 unspecified atom stereocenters. The van der Waals surface area contributed by atoms with Crippen molar-refractivity contribution in [2.75, 3.05) is 0 Å². The van der Waals surface area contributed by atoms with Crippen molar-refractivity contribution >= 4 is 0 Å². The molecule has 96 valence electrons. The summed E-state index contributed by atoms with van der Waals surface area (Å²) in [5.74, 6) is -1.45. The molecule has 17 heavy (non-hydrogen) atoms. The van der Waals surface area contributed by atoms with Crippen molar-refractivity contribution in [3.63, 3.8) is 0 Å². The summed E-state index contributed by atoms with van der Waals surface area (Å²) >= 11 is 0. The van der Waals surface area contributed by atoms with Gasteiger partial charge in [-0.25, -0.2) is 0 Å². The van der Waals surface area contributed by atoms with E-state index in [2.05, 4.69) is 4.74 Å². The van der Waals surface area contributed by atoms with Gasteiger partial charge < -0.3 is 9.72 Å². The first-order valence-electron chi connectivity index (χ1n) is 4.07. The van der Waals surface area contributed by atoms with E-state index in [1.807, 2.05) is 0 Å². The van der Waals surface area contributed by atoms with Gasteiger partial charge in [0.1, 0.15) is 0 Å². The van der Waals surface area contributed by atoms with Gasteiger partial charge in [0.25, 0.3) is 5.56 Å². The zero-order valence-electron chi connectivity index (χ0n) is 8.16. The van der Waals surface area contributed by atoms with E-state index in [4.69, 9.17) is 0 Å². The topological polar surface area (TPSA) is 42.1 Å². The Kier molecular flexibility index (Phi) is 3.13. The Morgan fingerprint density at radius 1 is 1.18 bits per heavy atom. The molecule has 9 heteroatoms. The number of hydrogen-bond donors (Lipinski definition) is 1. The van der Waals surface area contributed by atoms with Crippen molar-refractivity contribution in [1.29, 1.82) is 0 Å². The van der Waals surface area contributed by atoms with Crippen LogP contribution < -0.4 is 10.3 Å². The van der Waals surface area contributed by atoms with Crippen LogP contribution >= 0.6 is 0 Å². The standard InChI is InChI=1S/C8H5F6NO2/c1-3-4(7(9,10)11)2-5(6(16)15-3)17-8(12,13)14/h2H,1H3,(H,15,16). The van der Waals surface area contributed by atoms with Gasteiger partial charge >= 0.3 is 12.5 Å². The minimum absolute atomic E-state index is 0.0155. The summed E-state index contributed by atoms with van der Waals surface area (Å²) in [4.78, 5) is 12.6. The lowest BCUT2D eigenvalue weighted by molar-refractivity contribution is -0.275. The third-order valence-corrected chi connectivity index (χ3v) is 1.74. The maximum atomic E-state index is 12.3. The van der Waals surface area contributed by atoms with E-state index < -0.39 is 35.1 Å². The van der Waals surface area contributed by atoms with Crippen molar-refractivity contribution < 1.29 is 31.1 Å². The monoisotopic (exact) mass is 261 g/mol. The highest BCUT2D eigenvalue weighted by molar-refractivity contribution is 5.31. The first kappa shape index (κ1) is 13.4. The van der Waals surface area contributed by atoms with Gasteiger partial charge in [-0.2, -0.15) is 13.2 Å². The van der Waals surface area contributed by atoms with Crippen LogP contribution in [0.5, 0.6) is 5.75 Å². The summed E-state index contributed by atoms with van der Waals surface area (Å²) < 4.78 is 75.6. The molecule has 0 aliphatic carbocycles. The maximum Gasteiger partial charge on any atom is 0.573 e. The van der Waals surface area contributed by atoms with Crippen LogP contribution in [0.15, 0.2) is 10.9 Å². The summed E-state index contributed by atoms with van der Waals surface area (Å²) in [6.07, 6.45) is -10.1. The molecule has 0 spiro atoms. The van der Waals surface area contributed by atoms with Gasteiger partial charge in [0.05, 0.1) is 5.56 Å². The smallest absolute Gasteiger partial charge is 0.400 e. The highest BCUT2D eigenvalue weighted by Gasteiger charge is 2.37. The third-order valence-electron chi connectivity index (χ3n) is 1.74. The van der Waals surface area contributed by atoms with E-state index in [1.54, 1.807) is 4.98 Å². The van der Waals surface area contributed by atoms with Crippen LogP contribution in [0.25, 0.3) is 0 Å². The highest BCUT2D eigenvalue weighted by Crippen LogP contribution is 2.32. The van der Waals surface area contributed by atoms with Gasteiger partial charge in [-0.1, -0.05) is 0 Å². The fourth-order valence-corrected chi connectivity index (χ4v) is 1.10. The second-order valence-electron chi connectivity index (χ2n) is 3.05. The van der Waals surface area contributed by atoms with Crippen LogP contribution in [0.1, 0.15) is 11.3 Å². The zero-order chi connectivity index (χ0) is 13.4. The fraction of sp³-hybridized carbons (Fsp3) is 0.375. The van der Waals surface area contributed by atoms with Crippen molar-refractivity contribution in [3.8, 4) is 5.75 Å². The van der Waals surface area contributed by atoms with Crippen LogP contribution in [-0.4, -0.2) is 11.3 Å². The molecule has 3 nitrogen and oxygen atoms in total. The lowest BCUT2D eigenvalue weighted by Gasteiger charge is -2.13. The molecule has 1 aromatic rings. The SMILES string of the molecule is Cc1[nH]c(=O)c(OC(F)(F)F)cc1C(F)(F)F. The van der Waals surface area contributed by atoms with E-state index in [1.165, 1.54) is 0 Å². The average molecular weight is 261 g/mol. The molecular formula is C8H5F6NO2. The number of nitrogens with one attached hydrogen (secondary N) is 1. The zero-order valence-corrected chi connectivity index (χ0v) is 8.16. The molecule has 0 radical (unpaired) electrons. The number of hydrogen-bond acceptors (Lipinski definition) is 2. The minimum Gasteiger partial charge on any atom is -0.400 e. The second-order valence-corrected chi connectivity index (χ2v) is 3.05. The number of alkyl halides is 6. The molecule has 1 aromatic heterocycles. The first-order valence-corrected chi connectivity index (χ1v) is 4.07. The van der Waals surface area contributed by atoms with E-state index in [-0.39, 0.29) is 6.07 Å². The van der Waals surface area contributed by atoms with E-state index in [0.717, 1.165) is 6.92 Å². The molecule has 0 aliphatic rings. The van der Waals surface area contributed by atoms with Gasteiger partial charge in [-0.05, 0) is 6.92 Å². The quantitative estimate of drug-likeness (QED) is 0.789. The van der Waals surface area contributed by atoms with Crippen molar-refractivity contribution in [1.82, 2.24) is 4.98 Å². The fourth-order valence-electron chi connectivity index (χ4n) is 1.10. The van der Waals surface area contributed by atoms with Crippen LogP contribution in [-0.2, 0) is 6.18 Å². The Hall–Kier alpha value is -1.67. The average Bonchev–Trinajstić information content (AvgIpc) is 2.05. The molecule has 0 saturated heterocycles. The molecule has 0 fully saturated rings. The largest absolute Gasteiger partial charge is 0.573 e. The Morgan fingerprint density at radius 3 is 2.12 bits per heavy atom. The minimum atomic E-state index is -5.23. The van der Waals surface area contributed by atoms with Crippen molar-refractivity contribution in [2.24, 2.45) is 0 Å². The lowest BCUT2D eigenvalue weighted by atomic mass is 10.2. The van der Waals surface area contributed by atoms with Crippen LogP contribution in [0.2, 0.25) is 0 Å². The molecule has 0 saturated carbocycles. The second kappa shape index (κ2) is 3.97. The predicted molar refractivity (Wildman–Crippen MR) is 43.5 cm³/mol. The summed E-state index contributed by atoms with van der Waals surface area (Å²) in [5, 5.41) is 0. The summed E-state index contributed by atoms with van der Waals surface area (Å²) in [6, 6.07) is 0.0155. The highest BCUT2D eigenvalue weighted by atomic mass is 19.4. The number of H-pyrrole nitrogens is 1. The van der Waals surface area contributed by atoms with E-state index >= 15 is 0 Å². The maximum absolute atomic E-state index is 12.3. The number of aryl methyl sites for hydroxylation is 1. The van der Waals surface area contributed by atoms with E-state index in [0.29, 0.717) is 0 Å². The van der Waals surface area contributed by atoms with Crippen LogP contribution in [0.3, 0.4) is 0 Å². The number of pyridine rings is 1. The number of aromatic amines is 1. The number of aromatic nitrogens is 1. The van der Waals surface area contributed by atoms with Gasteiger partial charge in [0.15, 0.2) is 5.75 Å². The Bertz CT molecular complexity index is 472. The molecule has 0 bridgehead atoms. The van der Waals surface area contributed by atoms with Crippen LogP contribution in [0, 0.1) is 6.92 Å². The molecular weight excluding hydrogens is 256 g/mol. The molecule has 0 aliphatic heterocycles. The summed E-state index contributed by atoms with van der Waals surface area (Å²) in [7, 11) is 0. The molecule has 1 heterocycles. The Morgan fingerprint density at radius 2 is 1.71 bits per heavy atom. The van der Waals surface area contributed by atoms with Crippen LogP contribution in [0.4, 0.5) is 26.3 Å². The van der Waals surface area contributed by atoms with Gasteiger partial charge in [0, 0.05) is 11.8 Å².